The van der Waals surface area contributed by atoms with Crippen LogP contribution in [0.5, 0.6) is 0 Å². The summed E-state index contributed by atoms with van der Waals surface area (Å²) in [6, 6.07) is 56.8. The van der Waals surface area contributed by atoms with Crippen molar-refractivity contribution >= 4 is 16.4 Å². The number of hydrogen-bond donors (Lipinski definition) is 0. The molecular formula is C40H28P2. The van der Waals surface area contributed by atoms with Crippen LogP contribution < -0.4 is 0 Å². The van der Waals surface area contributed by atoms with Crippen molar-refractivity contribution in [2.45, 2.75) is 0 Å². The quantitative estimate of drug-likeness (QED) is 0.187. The van der Waals surface area contributed by atoms with Crippen LogP contribution in [0, 0.1) is 0 Å². The summed E-state index contributed by atoms with van der Waals surface area (Å²) in [4.78, 5) is 0. The molecule has 0 bridgehead atoms. The Morgan fingerprint density at radius 2 is 0.548 bits per heavy atom. The zero-order valence-corrected chi connectivity index (χ0v) is 24.8. The zero-order chi connectivity index (χ0) is 28.1. The van der Waals surface area contributed by atoms with Crippen LogP contribution in [-0.4, -0.2) is 0 Å². The van der Waals surface area contributed by atoms with E-state index in [0.717, 1.165) is 0 Å². The summed E-state index contributed by atoms with van der Waals surface area (Å²) in [7, 11) is 2.42. The minimum absolute atomic E-state index is 1.21. The predicted molar refractivity (Wildman–Crippen MR) is 184 cm³/mol. The first-order valence-corrected chi connectivity index (χ1v) is 16.1. The molecule has 2 heteroatoms. The molecule has 0 radical (unpaired) electrons. The van der Waals surface area contributed by atoms with Crippen LogP contribution in [0.25, 0.3) is 66.2 Å². The van der Waals surface area contributed by atoms with Crippen LogP contribution >= 0.6 is 16.4 Å². The molecule has 0 nitrogen and oxygen atoms in total. The molecule has 0 spiro atoms. The standard InChI is InChI=1S/C40H28P2/c1-5-13-29(14-6-1)35-25-39(33-17-9-3-10-18-33)41-27-37(35)31-21-23-32(24-22-31)38-28-42-40(34-19-11-4-12-20-34)26-36(38)30-15-7-2-8-16-30/h1-28H. The fourth-order valence-corrected chi connectivity index (χ4v) is 7.56. The second-order valence-corrected chi connectivity index (χ2v) is 12.3. The Kier molecular flexibility index (Phi) is 7.58. The fourth-order valence-electron chi connectivity index (χ4n) is 5.45. The maximum Gasteiger partial charge on any atom is 0.00968 e. The second-order valence-electron chi connectivity index (χ2n) is 10.3. The predicted octanol–water partition coefficient (Wildman–Crippen LogP) is 12.8. The second kappa shape index (κ2) is 12.1. The lowest BCUT2D eigenvalue weighted by Crippen LogP contribution is -1.88. The lowest BCUT2D eigenvalue weighted by molar-refractivity contribution is 1.59. The van der Waals surface area contributed by atoms with Gasteiger partial charge in [0.05, 0.1) is 0 Å². The number of rotatable bonds is 6. The van der Waals surface area contributed by atoms with Crippen molar-refractivity contribution in [1.29, 1.82) is 0 Å². The lowest BCUT2D eigenvalue weighted by atomic mass is 9.93. The van der Waals surface area contributed by atoms with E-state index in [9.17, 15) is 0 Å². The third-order valence-corrected chi connectivity index (χ3v) is 9.73. The lowest BCUT2D eigenvalue weighted by Gasteiger charge is -2.15. The van der Waals surface area contributed by atoms with E-state index in [-0.39, 0.29) is 0 Å². The summed E-state index contributed by atoms with van der Waals surface area (Å²) in [6.45, 7) is 0. The summed E-state index contributed by atoms with van der Waals surface area (Å²) >= 11 is 0. The Bertz CT molecular complexity index is 1790. The largest absolute Gasteiger partial charge is 0.0671 e. The van der Waals surface area contributed by atoms with Crippen LogP contribution in [0.4, 0.5) is 0 Å². The van der Waals surface area contributed by atoms with Gasteiger partial charge in [-0.1, -0.05) is 162 Å². The monoisotopic (exact) mass is 570 g/mol. The highest BCUT2D eigenvalue weighted by molar-refractivity contribution is 7.33. The maximum atomic E-state index is 2.37. The highest BCUT2D eigenvalue weighted by atomic mass is 31.0. The summed E-state index contributed by atoms with van der Waals surface area (Å²) in [5, 5.41) is 2.65. The summed E-state index contributed by atoms with van der Waals surface area (Å²) < 4.78 is 0. The van der Waals surface area contributed by atoms with E-state index in [1.807, 2.05) is 0 Å². The van der Waals surface area contributed by atoms with Crippen LogP contribution in [0.15, 0.2) is 169 Å². The molecule has 42 heavy (non-hydrogen) atoms. The molecule has 0 N–H and O–H groups in total. The highest BCUT2D eigenvalue weighted by Gasteiger charge is 2.13. The van der Waals surface area contributed by atoms with Gasteiger partial charge in [-0.25, -0.2) is 0 Å². The van der Waals surface area contributed by atoms with Crippen molar-refractivity contribution in [3.63, 3.8) is 0 Å². The average molecular weight is 571 g/mol. The molecule has 0 fully saturated rings. The van der Waals surface area contributed by atoms with Crippen molar-refractivity contribution in [1.82, 2.24) is 0 Å². The molecule has 198 valence electrons. The number of benzene rings is 5. The Hall–Kier alpha value is -4.60. The third-order valence-electron chi connectivity index (χ3n) is 7.62. The van der Waals surface area contributed by atoms with E-state index in [1.54, 1.807) is 0 Å². The van der Waals surface area contributed by atoms with E-state index in [0.29, 0.717) is 0 Å². The van der Waals surface area contributed by atoms with Gasteiger partial charge in [-0.3, -0.25) is 0 Å². The first kappa shape index (κ1) is 26.3. The van der Waals surface area contributed by atoms with Gasteiger partial charge < -0.3 is 0 Å². The van der Waals surface area contributed by atoms with E-state index in [2.05, 4.69) is 169 Å². The van der Waals surface area contributed by atoms with Crippen molar-refractivity contribution < 1.29 is 0 Å². The van der Waals surface area contributed by atoms with Gasteiger partial charge in [0, 0.05) is 10.6 Å². The topological polar surface area (TPSA) is 0 Å². The Labute approximate surface area is 251 Å². The van der Waals surface area contributed by atoms with E-state index in [1.165, 1.54) is 82.6 Å². The van der Waals surface area contributed by atoms with Gasteiger partial charge in [0.25, 0.3) is 0 Å². The van der Waals surface area contributed by atoms with Crippen LogP contribution in [-0.2, 0) is 0 Å². The third kappa shape index (κ3) is 5.48. The molecule has 0 saturated carbocycles. The minimum Gasteiger partial charge on any atom is -0.0671 e. The molecule has 2 heterocycles. The minimum atomic E-state index is 1.21. The highest BCUT2D eigenvalue weighted by Crippen LogP contribution is 2.43. The Balaban J connectivity index is 1.31. The van der Waals surface area contributed by atoms with Gasteiger partial charge in [-0.05, 0) is 79.4 Å². The normalized spacial score (nSPS) is 11.2. The van der Waals surface area contributed by atoms with Gasteiger partial charge in [0.2, 0.25) is 0 Å². The summed E-state index contributed by atoms with van der Waals surface area (Å²) in [5.74, 6) is 4.74. The molecule has 0 atom stereocenters. The molecule has 0 aliphatic carbocycles. The molecule has 0 saturated heterocycles. The van der Waals surface area contributed by atoms with Crippen molar-refractivity contribution in [3.8, 4) is 66.2 Å². The average Bonchev–Trinajstić information content (AvgIpc) is 3.09. The SMILES string of the molecule is c1ccc(-c2cc(-c3ccccc3)c(-c3ccc(-c4cpc(-c5ccccc5)cc4-c4ccccc4)cc3)cp2)cc1. The van der Waals surface area contributed by atoms with Gasteiger partial charge in [-0.2, -0.15) is 0 Å². The molecule has 0 unspecified atom stereocenters. The first-order chi connectivity index (χ1) is 20.8. The molecular weight excluding hydrogens is 542 g/mol. The van der Waals surface area contributed by atoms with Gasteiger partial charge in [-0.15, -0.1) is 0 Å². The first-order valence-electron chi connectivity index (χ1n) is 14.2. The van der Waals surface area contributed by atoms with Crippen LogP contribution in [0.3, 0.4) is 0 Å². The fraction of sp³-hybridized carbons (Fsp3) is 0. The van der Waals surface area contributed by atoms with Gasteiger partial charge >= 0.3 is 0 Å². The smallest absolute Gasteiger partial charge is 0.00968 e. The van der Waals surface area contributed by atoms with Gasteiger partial charge in [0.1, 0.15) is 0 Å². The summed E-state index contributed by atoms with van der Waals surface area (Å²) in [6.07, 6.45) is 0. The molecule has 2 aromatic heterocycles. The molecule has 5 aromatic carbocycles. The van der Waals surface area contributed by atoms with Crippen molar-refractivity contribution in [2.24, 2.45) is 0 Å². The molecule has 7 aromatic rings. The summed E-state index contributed by atoms with van der Waals surface area (Å²) in [5.41, 5.74) is 12.6. The van der Waals surface area contributed by atoms with E-state index < -0.39 is 0 Å². The number of hydrogen-bond acceptors (Lipinski definition) is 0. The van der Waals surface area contributed by atoms with Crippen LogP contribution in [0.1, 0.15) is 0 Å². The Morgan fingerprint density at radius 1 is 0.262 bits per heavy atom. The maximum absolute atomic E-state index is 2.37. The molecule has 0 aliphatic heterocycles. The van der Waals surface area contributed by atoms with Crippen molar-refractivity contribution in [2.75, 3.05) is 0 Å². The Morgan fingerprint density at radius 3 is 0.881 bits per heavy atom. The van der Waals surface area contributed by atoms with E-state index >= 15 is 0 Å². The molecule has 7 rings (SSSR count). The zero-order valence-electron chi connectivity index (χ0n) is 23.1. The van der Waals surface area contributed by atoms with Gasteiger partial charge in [0.15, 0.2) is 0 Å². The van der Waals surface area contributed by atoms with E-state index in [4.69, 9.17) is 0 Å². The van der Waals surface area contributed by atoms with Crippen molar-refractivity contribution in [3.05, 3.63) is 169 Å². The molecule has 0 amide bonds. The molecule has 0 aliphatic rings. The van der Waals surface area contributed by atoms with Crippen LogP contribution in [0.2, 0.25) is 0 Å².